The van der Waals surface area contributed by atoms with E-state index in [9.17, 15) is 22.8 Å². The lowest BCUT2D eigenvalue weighted by molar-refractivity contribution is -0.140. The van der Waals surface area contributed by atoms with Crippen molar-refractivity contribution in [3.05, 3.63) is 30.3 Å². The molecule has 1 aromatic carbocycles. The van der Waals surface area contributed by atoms with Crippen LogP contribution in [0.4, 0.5) is 0 Å². The number of ketones is 3. The number of fused-ring (bicyclic) bond motifs is 2. The van der Waals surface area contributed by atoms with Crippen LogP contribution in [0.1, 0.15) is 58.8 Å². The van der Waals surface area contributed by atoms with E-state index in [2.05, 4.69) is 4.72 Å². The summed E-state index contributed by atoms with van der Waals surface area (Å²) in [6.07, 6.45) is 4.60. The Labute approximate surface area is 178 Å². The van der Waals surface area contributed by atoms with Gasteiger partial charge in [0.2, 0.25) is 15.8 Å². The summed E-state index contributed by atoms with van der Waals surface area (Å²) in [7, 11) is -3.86. The molecule has 1 N–H and O–H groups in total. The maximum Gasteiger partial charge on any atom is 0.241 e. The molecular weight excluding hydrogens is 402 g/mol. The Morgan fingerprint density at radius 3 is 2.37 bits per heavy atom. The van der Waals surface area contributed by atoms with E-state index in [1.54, 1.807) is 32.0 Å². The van der Waals surface area contributed by atoms with Crippen molar-refractivity contribution in [1.82, 2.24) is 4.72 Å². The van der Waals surface area contributed by atoms with Crippen LogP contribution in [-0.4, -0.2) is 31.8 Å². The largest absolute Gasteiger partial charge is 0.298 e. The van der Waals surface area contributed by atoms with Crippen LogP contribution in [0.2, 0.25) is 0 Å². The van der Waals surface area contributed by atoms with Gasteiger partial charge in [-0.1, -0.05) is 44.9 Å². The Hall–Kier alpha value is -1.86. The van der Waals surface area contributed by atoms with Crippen molar-refractivity contribution in [2.24, 2.45) is 23.7 Å². The lowest BCUT2D eigenvalue weighted by atomic mass is 9.83. The van der Waals surface area contributed by atoms with Gasteiger partial charge in [-0.25, -0.2) is 13.1 Å². The zero-order valence-electron chi connectivity index (χ0n) is 17.7. The molecule has 2 fully saturated rings. The van der Waals surface area contributed by atoms with Crippen molar-refractivity contribution in [2.75, 3.05) is 0 Å². The summed E-state index contributed by atoms with van der Waals surface area (Å²) >= 11 is 0. The number of carbonyl (C=O) groups excluding carboxylic acids is 3. The van der Waals surface area contributed by atoms with E-state index in [4.69, 9.17) is 0 Å². The molecule has 0 spiro atoms. The zero-order valence-corrected chi connectivity index (χ0v) is 18.5. The fraction of sp³-hybridized carbons (Fsp3) is 0.609. The van der Waals surface area contributed by atoms with Gasteiger partial charge in [-0.3, -0.25) is 14.4 Å². The van der Waals surface area contributed by atoms with Crippen molar-refractivity contribution < 1.29 is 22.8 Å². The first-order chi connectivity index (χ1) is 14.2. The molecule has 3 rings (SSSR count). The quantitative estimate of drug-likeness (QED) is 0.666. The molecule has 0 saturated heterocycles. The maximum absolute atomic E-state index is 13.1. The predicted octanol–water partition coefficient (Wildman–Crippen LogP) is 3.30. The molecule has 2 saturated carbocycles. The maximum atomic E-state index is 13.1. The number of nitrogens with one attached hydrogen (secondary N) is 1. The van der Waals surface area contributed by atoms with E-state index >= 15 is 0 Å². The summed E-state index contributed by atoms with van der Waals surface area (Å²) in [5.74, 6) is -1.23. The fourth-order valence-electron chi connectivity index (χ4n) is 4.80. The van der Waals surface area contributed by atoms with Gasteiger partial charge >= 0.3 is 0 Å². The van der Waals surface area contributed by atoms with Crippen molar-refractivity contribution in [3.63, 3.8) is 0 Å². The summed E-state index contributed by atoms with van der Waals surface area (Å²) in [6.45, 7) is 3.54. The summed E-state index contributed by atoms with van der Waals surface area (Å²) in [5.41, 5.74) is 0. The third-order valence-electron chi connectivity index (χ3n) is 6.49. The first-order valence-electron chi connectivity index (χ1n) is 10.8. The number of carbonyl (C=O) groups is 3. The highest BCUT2D eigenvalue weighted by atomic mass is 32.2. The zero-order chi connectivity index (χ0) is 21.9. The molecule has 30 heavy (non-hydrogen) atoms. The van der Waals surface area contributed by atoms with Crippen LogP contribution in [0.15, 0.2) is 35.2 Å². The normalized spacial score (nSPS) is 26.2. The molecule has 2 aliphatic carbocycles. The van der Waals surface area contributed by atoms with E-state index < -0.39 is 27.8 Å². The highest BCUT2D eigenvalue weighted by Gasteiger charge is 2.37. The van der Waals surface area contributed by atoms with Crippen molar-refractivity contribution in [1.29, 1.82) is 0 Å². The Morgan fingerprint density at radius 2 is 1.70 bits per heavy atom. The predicted molar refractivity (Wildman–Crippen MR) is 113 cm³/mol. The number of benzene rings is 1. The van der Waals surface area contributed by atoms with Crippen LogP contribution >= 0.6 is 0 Å². The number of hydrogen-bond acceptors (Lipinski definition) is 5. The third kappa shape index (κ3) is 5.43. The number of sulfonamides is 1. The average molecular weight is 434 g/mol. The van der Waals surface area contributed by atoms with Crippen LogP contribution in [0.3, 0.4) is 0 Å². The Bertz CT molecular complexity index is 893. The molecule has 164 valence electrons. The summed E-state index contributed by atoms with van der Waals surface area (Å²) in [6, 6.07) is 6.97. The van der Waals surface area contributed by atoms with Gasteiger partial charge in [-0.05, 0) is 49.1 Å². The van der Waals surface area contributed by atoms with Crippen LogP contribution in [0.5, 0.6) is 0 Å². The molecule has 0 amide bonds. The molecule has 2 aliphatic rings. The Morgan fingerprint density at radius 1 is 1.03 bits per heavy atom. The lowest BCUT2D eigenvalue weighted by Gasteiger charge is -2.24. The van der Waals surface area contributed by atoms with Gasteiger partial charge in [0, 0.05) is 18.8 Å². The third-order valence-corrected chi connectivity index (χ3v) is 7.95. The van der Waals surface area contributed by atoms with Crippen molar-refractivity contribution >= 4 is 27.4 Å². The molecule has 4 atom stereocenters. The summed E-state index contributed by atoms with van der Waals surface area (Å²) in [4.78, 5) is 38.3. The lowest BCUT2D eigenvalue weighted by Crippen LogP contribution is -2.45. The Kier molecular flexibility index (Phi) is 7.24. The minimum atomic E-state index is -3.86. The topological polar surface area (TPSA) is 97.4 Å². The van der Waals surface area contributed by atoms with Crippen molar-refractivity contribution in [3.8, 4) is 0 Å². The molecule has 0 aliphatic heterocycles. The second kappa shape index (κ2) is 9.52. The molecule has 4 unspecified atom stereocenters. The average Bonchev–Trinajstić information content (AvgIpc) is 3.17. The van der Waals surface area contributed by atoms with Gasteiger partial charge in [-0.15, -0.1) is 0 Å². The first-order valence-corrected chi connectivity index (χ1v) is 12.3. The fourth-order valence-corrected chi connectivity index (χ4v) is 6.19. The van der Waals surface area contributed by atoms with E-state index in [1.807, 2.05) is 0 Å². The molecule has 7 heteroatoms. The monoisotopic (exact) mass is 433 g/mol. The van der Waals surface area contributed by atoms with Gasteiger partial charge < -0.3 is 0 Å². The molecule has 6 nitrogen and oxygen atoms in total. The van der Waals surface area contributed by atoms with E-state index in [0.29, 0.717) is 18.3 Å². The molecular formula is C23H31NO5S. The first kappa shape index (κ1) is 22.8. The van der Waals surface area contributed by atoms with E-state index in [1.165, 1.54) is 12.1 Å². The Balaban J connectivity index is 1.76. The second-order valence-electron chi connectivity index (χ2n) is 9.13. The molecule has 0 radical (unpaired) electrons. The van der Waals surface area contributed by atoms with Gasteiger partial charge in [0.25, 0.3) is 0 Å². The number of Topliss-reactive ketones (excluding diaryl/α,β-unsaturated/α-hetero) is 3. The van der Waals surface area contributed by atoms with Crippen LogP contribution in [-0.2, 0) is 24.4 Å². The van der Waals surface area contributed by atoms with Crippen LogP contribution < -0.4 is 4.72 Å². The van der Waals surface area contributed by atoms with Gasteiger partial charge in [0.1, 0.15) is 0 Å². The van der Waals surface area contributed by atoms with E-state index in [-0.39, 0.29) is 35.2 Å². The van der Waals surface area contributed by atoms with Crippen LogP contribution in [0.25, 0.3) is 0 Å². The van der Waals surface area contributed by atoms with Crippen LogP contribution in [0, 0.1) is 23.7 Å². The molecule has 0 heterocycles. The minimum absolute atomic E-state index is 0.0914. The van der Waals surface area contributed by atoms with E-state index in [0.717, 1.165) is 25.7 Å². The van der Waals surface area contributed by atoms with Crippen molar-refractivity contribution in [2.45, 2.75) is 69.7 Å². The molecule has 1 aromatic rings. The minimum Gasteiger partial charge on any atom is -0.298 e. The number of rotatable bonds is 7. The summed E-state index contributed by atoms with van der Waals surface area (Å²) < 4.78 is 28.0. The highest BCUT2D eigenvalue weighted by Crippen LogP contribution is 2.39. The summed E-state index contributed by atoms with van der Waals surface area (Å²) in [5, 5.41) is 0. The SMILES string of the molecule is CC(C)C(NS(=O)(=O)c1ccccc1)C(=O)CC1CC2CCC(CCC(=O)C1=O)C2. The van der Waals surface area contributed by atoms with Gasteiger partial charge in [0.05, 0.1) is 10.9 Å². The van der Waals surface area contributed by atoms with Gasteiger partial charge in [0.15, 0.2) is 11.6 Å². The molecule has 0 aromatic heterocycles. The second-order valence-corrected chi connectivity index (χ2v) is 10.8. The van der Waals surface area contributed by atoms with Gasteiger partial charge in [-0.2, -0.15) is 0 Å². The highest BCUT2D eigenvalue weighted by molar-refractivity contribution is 7.89. The molecule has 2 bridgehead atoms. The number of hydrogen-bond donors (Lipinski definition) is 1. The standard InChI is InChI=1S/C23H31NO5S/c1-15(2)22(24-30(28,29)19-6-4-3-5-7-19)21(26)14-18-13-17-9-8-16(12-17)10-11-20(25)23(18)27/h3-7,15-18,22,24H,8-14H2,1-2H3. The smallest absolute Gasteiger partial charge is 0.241 e.